The maximum atomic E-state index is 13.5. The highest BCUT2D eigenvalue weighted by molar-refractivity contribution is 9.38. The number of unbranched alkanes of at least 4 members (excludes halogenated alkanes) is 1. The van der Waals surface area contributed by atoms with Crippen LogP contribution in [0, 0.1) is 0 Å². The number of allylic oxidation sites excluding steroid dienone is 6. The number of nitrogens with zero attached hydrogens (tertiary/aromatic N) is 3. The lowest BCUT2D eigenvalue weighted by atomic mass is 9.78. The zero-order chi connectivity index (χ0) is 62.7. The quantitative estimate of drug-likeness (QED) is 0.00553. The molecule has 86 heavy (non-hydrogen) atoms. The monoisotopic (exact) mass is 1330 g/mol. The lowest BCUT2D eigenvalue weighted by Crippen LogP contribution is -2.38. The standard InChI is InChI=1S/C55H56N4O19S8/c1-53(2)46(57(24-8-26-81(63,64)65)42-17-15-38-40(51(42)53)28-36(82(66,67)68)30-44(38)84(72,73)74)19-13-34(35-11-7-10-33(27-35)9-5-6-12-48(60)56-23-25-58-49(61)21-22-50(58)62)14-20-47-54(3,4)52-41-29-37(83(69,70)71)31-45(85(75,76)77)39(41)16-18-43(52)59(47)32-55-79-86(55,78)80-55/h7,10-11,13-22,27-31,86H,5-6,8-9,12,23-26,32H2,1-4H3,(H5-,56,60,63,64,65,66,67,68,69,70,71,72,73,74,75,76,77)/p+1. The Bertz CT molecular complexity index is 4640. The number of amides is 3. The number of anilines is 1. The van der Waals surface area contributed by atoms with Crippen molar-refractivity contribution in [3.63, 3.8) is 0 Å². The van der Waals surface area contributed by atoms with E-state index in [0.717, 1.165) is 34.7 Å². The van der Waals surface area contributed by atoms with Crippen molar-refractivity contribution in [2.45, 2.75) is 93.6 Å². The Balaban J connectivity index is 1.10. The molecule has 0 unspecified atom stereocenters. The molecule has 5 aliphatic heterocycles. The van der Waals surface area contributed by atoms with Gasteiger partial charge in [0.2, 0.25) is 15.0 Å². The molecule has 0 saturated carbocycles. The molecule has 5 aromatic rings. The summed E-state index contributed by atoms with van der Waals surface area (Å²) < 4.78 is 192. The second kappa shape index (κ2) is 22.0. The summed E-state index contributed by atoms with van der Waals surface area (Å²) in [4.78, 5) is 36.2. The minimum absolute atomic E-state index is 0.00597. The molecule has 5 aliphatic rings. The molecule has 3 amide bonds. The first kappa shape index (κ1) is 63.1. The summed E-state index contributed by atoms with van der Waals surface area (Å²) in [5.74, 6) is -1.88. The van der Waals surface area contributed by atoms with Crippen molar-refractivity contribution in [1.29, 1.82) is 0 Å². The summed E-state index contributed by atoms with van der Waals surface area (Å²) in [6.45, 7) is 7.30. The van der Waals surface area contributed by atoms with Crippen LogP contribution in [0.15, 0.2) is 135 Å². The van der Waals surface area contributed by atoms with Crippen LogP contribution in [0.2, 0.25) is 0 Å². The summed E-state index contributed by atoms with van der Waals surface area (Å²) in [5, 5.41) is 2.67. The fourth-order valence-corrected chi connectivity index (χ4v) is 24.8. The molecule has 2 saturated heterocycles. The van der Waals surface area contributed by atoms with Gasteiger partial charge in [0.05, 0.1) is 21.0 Å². The normalized spacial score (nSPS) is 20.6. The summed E-state index contributed by atoms with van der Waals surface area (Å²) >= 11 is 0. The Morgan fingerprint density at radius 1 is 0.674 bits per heavy atom. The molecular formula is C55H57N4O19S8+. The molecule has 6 N–H and O–H groups in total. The fraction of sp³-hybridized carbons (Fsp3) is 0.309. The van der Waals surface area contributed by atoms with E-state index in [1.54, 1.807) is 49.1 Å². The van der Waals surface area contributed by atoms with Crippen LogP contribution >= 0.6 is 21.6 Å². The fourth-order valence-electron chi connectivity index (χ4n) is 11.7. The first-order chi connectivity index (χ1) is 39.8. The summed E-state index contributed by atoms with van der Waals surface area (Å²) in [7, 11) is -24.8. The number of imide groups is 1. The van der Waals surface area contributed by atoms with Gasteiger partial charge in [0.25, 0.3) is 62.4 Å². The predicted molar refractivity (Wildman–Crippen MR) is 327 cm³/mol. The molecule has 2 fully saturated rings. The second-order valence-electron chi connectivity index (χ2n) is 22.2. The zero-order valence-corrected chi connectivity index (χ0v) is 52.7. The van der Waals surface area contributed by atoms with E-state index in [4.69, 9.17) is 0 Å². The largest absolute Gasteiger partial charge is 0.354 e. The average Bonchev–Trinajstić information content (AvgIpc) is 1.47. The highest BCUT2D eigenvalue weighted by Crippen LogP contribution is 2.92. The maximum absolute atomic E-state index is 13.5. The third-order valence-corrected chi connectivity index (χ3v) is 31.1. The van der Waals surface area contributed by atoms with Gasteiger partial charge in [-0.3, -0.25) is 46.3 Å². The molecule has 5 aromatic carbocycles. The number of nitrogens with one attached hydrogen (secondary N) is 1. The summed E-state index contributed by atoms with van der Waals surface area (Å²) in [5.41, 5.74) is 2.18. The topological polar surface area (TPSA) is 362 Å². The minimum atomic E-state index is -5.12. The smallest absolute Gasteiger partial charge is 0.295 e. The predicted octanol–water partition coefficient (Wildman–Crippen LogP) is 6.70. The van der Waals surface area contributed by atoms with E-state index < -0.39 is 110 Å². The molecule has 0 bridgehead atoms. The molecule has 5 heterocycles. The second-order valence-corrected chi connectivity index (χ2v) is 38.6. The molecule has 0 atom stereocenters. The zero-order valence-electron chi connectivity index (χ0n) is 46.1. The SMILES string of the molecule is CC1(C)C(/C=C/C(=C/C=C2/N(CCCS(=O)(=O)O)c3ccc4c(S(=O)(=O)O)cc(S(=O)(=O)O)cc4c3C2(C)C)c2cccc(CCCCC(=O)NCCN3C(=O)C=CC3=O)c2)=[N+](CC23S[SH]2(=O)S3)c2ccc3c(S(=O)(=O)O)cc(S(=O)(=O)O)cc3c21. The Morgan fingerprint density at radius 3 is 1.81 bits per heavy atom. The van der Waals surface area contributed by atoms with Gasteiger partial charge in [-0.2, -0.15) is 46.7 Å². The van der Waals surface area contributed by atoms with Crippen LogP contribution in [0.1, 0.15) is 75.6 Å². The number of benzene rings is 5. The van der Waals surface area contributed by atoms with Gasteiger partial charge in [-0.1, -0.05) is 50.3 Å². The average molecular weight is 1330 g/mol. The highest BCUT2D eigenvalue weighted by atomic mass is 33.6. The molecule has 0 aromatic heterocycles. The highest BCUT2D eigenvalue weighted by Gasteiger charge is 2.84. The van der Waals surface area contributed by atoms with Crippen LogP contribution in [-0.2, 0) is 90.2 Å². The van der Waals surface area contributed by atoms with Gasteiger partial charge in [0.1, 0.15) is 9.79 Å². The number of fused-ring (bicyclic) bond motifs is 7. The number of hydrogen-bond donors (Lipinski definition) is 7. The van der Waals surface area contributed by atoms with Crippen LogP contribution in [-0.4, -0.2) is 137 Å². The number of rotatable bonds is 22. The Labute approximate surface area is 504 Å². The van der Waals surface area contributed by atoms with Gasteiger partial charge in [-0.25, -0.2) is 0 Å². The van der Waals surface area contributed by atoms with Crippen molar-refractivity contribution in [2.24, 2.45) is 0 Å². The van der Waals surface area contributed by atoms with Crippen molar-refractivity contribution >= 4 is 142 Å². The molecule has 31 heteroatoms. The van der Waals surface area contributed by atoms with Crippen LogP contribution in [0.25, 0.3) is 27.1 Å². The Morgan fingerprint density at radius 2 is 1.26 bits per heavy atom. The lowest BCUT2D eigenvalue weighted by Gasteiger charge is -2.27. The van der Waals surface area contributed by atoms with E-state index in [1.807, 2.05) is 42.7 Å². The Kier molecular flexibility index (Phi) is 16.1. The van der Waals surface area contributed by atoms with Gasteiger partial charge in [-0.05, 0) is 143 Å². The van der Waals surface area contributed by atoms with Crippen molar-refractivity contribution in [2.75, 3.05) is 36.8 Å². The number of aryl methyl sites for hydroxylation is 1. The number of thiol groups is 1. The van der Waals surface area contributed by atoms with Crippen molar-refractivity contribution in [3.8, 4) is 0 Å². The third kappa shape index (κ3) is 12.2. The molecule has 23 nitrogen and oxygen atoms in total. The summed E-state index contributed by atoms with van der Waals surface area (Å²) in [6.07, 6.45) is 10.9. The van der Waals surface area contributed by atoms with E-state index in [9.17, 15) is 83.4 Å². The van der Waals surface area contributed by atoms with Gasteiger partial charge in [-0.15, -0.1) is 0 Å². The third-order valence-electron chi connectivity index (χ3n) is 15.7. The van der Waals surface area contributed by atoms with Gasteiger partial charge < -0.3 is 10.2 Å². The number of carbonyl (C=O) groups is 3. The van der Waals surface area contributed by atoms with Crippen LogP contribution < -0.4 is 10.2 Å². The molecule has 458 valence electrons. The molecule has 0 spiro atoms. The van der Waals surface area contributed by atoms with Gasteiger partial charge >= 0.3 is 0 Å². The van der Waals surface area contributed by atoms with E-state index in [2.05, 4.69) is 5.32 Å². The molecule has 0 radical (unpaired) electrons. The van der Waals surface area contributed by atoms with Crippen molar-refractivity contribution in [3.05, 3.63) is 137 Å². The molecule has 0 aliphatic carbocycles. The van der Waals surface area contributed by atoms with E-state index in [1.165, 1.54) is 39.8 Å². The van der Waals surface area contributed by atoms with Crippen molar-refractivity contribution in [1.82, 2.24) is 10.2 Å². The number of hydrogen-bond acceptors (Lipinski definition) is 17. The van der Waals surface area contributed by atoms with Crippen LogP contribution in [0.4, 0.5) is 11.4 Å². The van der Waals surface area contributed by atoms with Gasteiger partial charge in [0, 0.05) is 91.5 Å². The van der Waals surface area contributed by atoms with Crippen molar-refractivity contribution < 1.29 is 88.0 Å². The molecular weight excluding hydrogens is 1280 g/mol. The minimum Gasteiger partial charge on any atom is -0.354 e. The Hall–Kier alpha value is -5.94. The number of carbonyl (C=O) groups excluding carboxylic acids is 3. The van der Waals surface area contributed by atoms with E-state index in [-0.39, 0.29) is 66.5 Å². The first-order valence-electron chi connectivity index (χ1n) is 26.4. The van der Waals surface area contributed by atoms with Crippen LogP contribution in [0.5, 0.6) is 0 Å². The van der Waals surface area contributed by atoms with E-state index in [0.29, 0.717) is 76.4 Å². The van der Waals surface area contributed by atoms with Crippen LogP contribution in [0.3, 0.4) is 0 Å². The summed E-state index contributed by atoms with van der Waals surface area (Å²) in [6, 6.07) is 16.8. The van der Waals surface area contributed by atoms with E-state index >= 15 is 0 Å². The molecule has 10 rings (SSSR count). The first-order valence-corrected chi connectivity index (χ1v) is 38.3. The van der Waals surface area contributed by atoms with Gasteiger partial charge in [0.15, 0.2) is 12.3 Å². The maximum Gasteiger partial charge on any atom is 0.295 e. The lowest BCUT2D eigenvalue weighted by molar-refractivity contribution is -0.434.